The molecule has 0 amide bonds. The van der Waals surface area contributed by atoms with Gasteiger partial charge in [0, 0.05) is 42.0 Å². The Kier molecular flexibility index (Phi) is 13.2. The fourth-order valence-electron chi connectivity index (χ4n) is 9.21. The summed E-state index contributed by atoms with van der Waals surface area (Å²) in [6.45, 7) is 16.1. The third kappa shape index (κ3) is 9.33. The number of aromatic nitrogens is 4. The van der Waals surface area contributed by atoms with Crippen molar-refractivity contribution in [2.24, 2.45) is 0 Å². The van der Waals surface area contributed by atoms with E-state index in [2.05, 4.69) is 77.2 Å². The highest BCUT2D eigenvalue weighted by Gasteiger charge is 2.45. The zero-order valence-electron chi connectivity index (χ0n) is 37.6. The number of esters is 1. The molecule has 4 N–H and O–H groups in total. The van der Waals surface area contributed by atoms with E-state index in [-0.39, 0.29) is 28.6 Å². The van der Waals surface area contributed by atoms with Gasteiger partial charge in [0.1, 0.15) is 17.4 Å². The van der Waals surface area contributed by atoms with Crippen LogP contribution in [0.4, 0.5) is 0 Å². The first-order chi connectivity index (χ1) is 30.0. The summed E-state index contributed by atoms with van der Waals surface area (Å²) in [6.07, 6.45) is 6.93. The standard InChI is InChI=1S/C48H62N6O6S2Si/c1-30-14-22-42(62-30)48(58,41-13-9-26-61-41)46(57)59-33-17-15-32(16-18-33)53(5)24-10-25-54-45-37-12-8-11-34(37)31(27-38(45)51-52-54)28-49-29-40(60-63(6,7)47(2,3)4)35-19-21-39(55)44-36(35)20-23-43(56)50-44/h9,13-14,19-23,26-27,32-33,40,49,55,58H,8,10-12,15-18,24-25,28-29H2,1-7H3,(H,50,56)/t32-,33-,40?,48-/m0/s1. The fraction of sp³-hybridized carbons (Fsp3) is 0.500. The number of aromatic amines is 1. The van der Waals surface area contributed by atoms with E-state index < -0.39 is 19.9 Å². The number of hydrogen-bond donors (Lipinski definition) is 4. The lowest BCUT2D eigenvalue weighted by atomic mass is 9.91. The third-order valence-electron chi connectivity index (χ3n) is 13.8. The predicted molar refractivity (Wildman–Crippen MR) is 254 cm³/mol. The smallest absolute Gasteiger partial charge is 0.349 e. The number of phenolic OH excluding ortho intramolecular Hbond substituents is 1. The lowest BCUT2D eigenvalue weighted by Crippen LogP contribution is -2.43. The van der Waals surface area contributed by atoms with Crippen LogP contribution in [0, 0.1) is 6.92 Å². The number of fused-ring (bicyclic) bond motifs is 4. The number of H-pyrrole nitrogens is 1. The van der Waals surface area contributed by atoms with Crippen LogP contribution < -0.4 is 10.9 Å². The zero-order valence-corrected chi connectivity index (χ0v) is 40.3. The van der Waals surface area contributed by atoms with Crippen LogP contribution in [-0.4, -0.2) is 81.7 Å². The molecule has 8 rings (SSSR count). The number of carbonyl (C=O) groups excluding carboxylic acids is 1. The molecule has 15 heteroatoms. The number of phenols is 1. The van der Waals surface area contributed by atoms with Crippen molar-refractivity contribution in [2.75, 3.05) is 20.1 Å². The molecule has 0 bridgehead atoms. The molecular weight excluding hydrogens is 849 g/mol. The normalized spacial score (nSPS) is 18.6. The van der Waals surface area contributed by atoms with Crippen LogP contribution in [0.15, 0.2) is 64.8 Å². The number of rotatable bonds is 16. The number of carbonyl (C=O) groups is 1. The maximum absolute atomic E-state index is 13.6. The molecule has 336 valence electrons. The van der Waals surface area contributed by atoms with Crippen molar-refractivity contribution in [3.8, 4) is 5.75 Å². The Labute approximate surface area is 378 Å². The average Bonchev–Trinajstić information content (AvgIpc) is 4.09. The maximum atomic E-state index is 13.6. The second kappa shape index (κ2) is 18.3. The number of aryl methyl sites for hydroxylation is 3. The molecule has 0 spiro atoms. The molecule has 2 aromatic carbocycles. The van der Waals surface area contributed by atoms with Gasteiger partial charge < -0.3 is 34.6 Å². The van der Waals surface area contributed by atoms with Crippen molar-refractivity contribution >= 4 is 58.9 Å². The molecule has 2 atom stereocenters. The van der Waals surface area contributed by atoms with Gasteiger partial charge in [-0.25, -0.2) is 9.48 Å². The average molecular weight is 911 g/mol. The summed E-state index contributed by atoms with van der Waals surface area (Å²) in [7, 11) is -0.0347. The molecule has 0 radical (unpaired) electrons. The van der Waals surface area contributed by atoms with Gasteiger partial charge in [0.05, 0.1) is 26.9 Å². The molecule has 6 aromatic rings. The summed E-state index contributed by atoms with van der Waals surface area (Å²) in [5.41, 5.74) is 5.39. The molecule has 1 saturated carbocycles. The van der Waals surface area contributed by atoms with Crippen LogP contribution in [-0.2, 0) is 45.5 Å². The molecular formula is C48H62N6O6S2Si. The molecule has 0 aliphatic heterocycles. The molecule has 4 heterocycles. The fourth-order valence-corrected chi connectivity index (χ4v) is 12.3. The monoisotopic (exact) mass is 910 g/mol. The minimum absolute atomic E-state index is 0.0123. The Balaban J connectivity index is 0.885. The lowest BCUT2D eigenvalue weighted by Gasteiger charge is -2.39. The first-order valence-electron chi connectivity index (χ1n) is 22.4. The zero-order chi connectivity index (χ0) is 44.7. The number of aromatic hydroxyl groups is 1. The van der Waals surface area contributed by atoms with Crippen molar-refractivity contribution in [1.29, 1.82) is 0 Å². The summed E-state index contributed by atoms with van der Waals surface area (Å²) in [4.78, 5) is 33.3. The highest BCUT2D eigenvalue weighted by molar-refractivity contribution is 7.13. The van der Waals surface area contributed by atoms with E-state index in [1.165, 1.54) is 45.4 Å². The quantitative estimate of drug-likeness (QED) is 0.0547. The van der Waals surface area contributed by atoms with E-state index in [0.29, 0.717) is 34.4 Å². The summed E-state index contributed by atoms with van der Waals surface area (Å²) >= 11 is 2.79. The van der Waals surface area contributed by atoms with E-state index in [4.69, 9.17) is 9.16 Å². The first kappa shape index (κ1) is 45.3. The highest BCUT2D eigenvalue weighted by atomic mass is 32.1. The van der Waals surface area contributed by atoms with Crippen molar-refractivity contribution in [3.63, 3.8) is 0 Å². The number of nitrogens with one attached hydrogen (secondary N) is 2. The van der Waals surface area contributed by atoms with Crippen LogP contribution in [0.25, 0.3) is 21.9 Å². The second-order valence-electron chi connectivity index (χ2n) is 19.1. The summed E-state index contributed by atoms with van der Waals surface area (Å²) in [5, 5.41) is 38.2. The van der Waals surface area contributed by atoms with Gasteiger partial charge in [-0.3, -0.25) is 4.79 Å². The van der Waals surface area contributed by atoms with E-state index in [9.17, 15) is 19.8 Å². The summed E-state index contributed by atoms with van der Waals surface area (Å²) in [5.74, 6) is -0.543. The Morgan fingerprint density at radius 2 is 1.84 bits per heavy atom. The maximum Gasteiger partial charge on any atom is 0.349 e. The molecule has 2 aliphatic carbocycles. The molecule has 63 heavy (non-hydrogen) atoms. The van der Waals surface area contributed by atoms with Gasteiger partial charge in [-0.05, 0) is 154 Å². The first-order valence-corrected chi connectivity index (χ1v) is 27.0. The Morgan fingerprint density at radius 3 is 2.56 bits per heavy atom. The number of thiophene rings is 2. The van der Waals surface area contributed by atoms with Crippen LogP contribution in [0.3, 0.4) is 0 Å². The summed E-state index contributed by atoms with van der Waals surface area (Å²) in [6, 6.07) is 16.9. The second-order valence-corrected chi connectivity index (χ2v) is 26.1. The molecule has 4 aromatic heterocycles. The number of aliphatic hydroxyl groups is 1. The van der Waals surface area contributed by atoms with Gasteiger partial charge in [0.2, 0.25) is 11.2 Å². The van der Waals surface area contributed by atoms with Gasteiger partial charge in [-0.1, -0.05) is 38.1 Å². The van der Waals surface area contributed by atoms with Crippen molar-refractivity contribution in [2.45, 2.75) is 134 Å². The molecule has 1 fully saturated rings. The molecule has 0 saturated heterocycles. The third-order valence-corrected chi connectivity index (χ3v) is 20.4. The van der Waals surface area contributed by atoms with E-state index >= 15 is 0 Å². The minimum Gasteiger partial charge on any atom is -0.506 e. The summed E-state index contributed by atoms with van der Waals surface area (Å²) < 4.78 is 15.2. The largest absolute Gasteiger partial charge is 0.506 e. The highest BCUT2D eigenvalue weighted by Crippen LogP contribution is 2.42. The Bertz CT molecular complexity index is 2630. The number of nitrogens with zero attached hydrogens (tertiary/aromatic N) is 4. The van der Waals surface area contributed by atoms with E-state index in [1.807, 2.05) is 36.6 Å². The van der Waals surface area contributed by atoms with E-state index in [0.717, 1.165) is 91.3 Å². The van der Waals surface area contributed by atoms with Gasteiger partial charge in [-0.2, -0.15) is 0 Å². The SMILES string of the molecule is Cc1ccc([C@](O)(C(=O)O[C@H]2CC[C@H](N(C)CCCn3nnc4cc(CNCC(O[Si](C)(C)C(C)(C)C)c5ccc(O)c6[nH]c(=O)ccc56)c5c(c43)CCC5)CC2)c2cccs2)s1. The number of benzene rings is 2. The Hall–Kier alpha value is -4.22. The van der Waals surface area contributed by atoms with Crippen LogP contribution in [0.2, 0.25) is 18.1 Å². The minimum atomic E-state index is -2.22. The van der Waals surface area contributed by atoms with Crippen molar-refractivity contribution in [1.82, 2.24) is 30.2 Å². The van der Waals surface area contributed by atoms with Gasteiger partial charge >= 0.3 is 5.97 Å². The van der Waals surface area contributed by atoms with Crippen LogP contribution in [0.1, 0.15) is 102 Å². The van der Waals surface area contributed by atoms with Crippen molar-refractivity contribution < 1.29 is 24.2 Å². The topological polar surface area (TPSA) is 155 Å². The van der Waals surface area contributed by atoms with Crippen LogP contribution >= 0.6 is 22.7 Å². The molecule has 2 aliphatic rings. The number of ether oxygens (including phenoxy) is 1. The van der Waals surface area contributed by atoms with Gasteiger partial charge in [-0.15, -0.1) is 27.8 Å². The molecule has 1 unspecified atom stereocenters. The predicted octanol–water partition coefficient (Wildman–Crippen LogP) is 8.86. The number of pyridine rings is 1. The van der Waals surface area contributed by atoms with Gasteiger partial charge in [0.15, 0.2) is 8.32 Å². The number of hydrogen-bond acceptors (Lipinski definition) is 12. The lowest BCUT2D eigenvalue weighted by molar-refractivity contribution is -0.169. The molecule has 12 nitrogen and oxygen atoms in total. The van der Waals surface area contributed by atoms with Crippen molar-refractivity contribution in [3.05, 3.63) is 107 Å². The van der Waals surface area contributed by atoms with E-state index in [1.54, 1.807) is 18.2 Å². The Morgan fingerprint density at radius 1 is 1.06 bits per heavy atom. The van der Waals surface area contributed by atoms with Gasteiger partial charge in [0.25, 0.3) is 0 Å². The van der Waals surface area contributed by atoms with Crippen LogP contribution in [0.5, 0.6) is 5.75 Å².